The SMILES string of the molecule is c1ccc(Nc2cccc(N(c3ccccc3)c3ccccc3-c3ccccc3)c2)cc1. The molecule has 32 heavy (non-hydrogen) atoms. The molecule has 0 atom stereocenters. The van der Waals surface area contributed by atoms with E-state index in [0.717, 1.165) is 28.4 Å². The molecule has 0 saturated carbocycles. The van der Waals surface area contributed by atoms with E-state index in [1.807, 2.05) is 18.2 Å². The molecule has 5 aromatic carbocycles. The molecule has 0 unspecified atom stereocenters. The lowest BCUT2D eigenvalue weighted by Gasteiger charge is -2.28. The van der Waals surface area contributed by atoms with Crippen molar-refractivity contribution in [3.8, 4) is 11.1 Å². The highest BCUT2D eigenvalue weighted by Crippen LogP contribution is 2.41. The van der Waals surface area contributed by atoms with Gasteiger partial charge in [-0.15, -0.1) is 0 Å². The Labute approximate surface area is 189 Å². The lowest BCUT2D eigenvalue weighted by molar-refractivity contribution is 1.28. The molecular weight excluding hydrogens is 388 g/mol. The van der Waals surface area contributed by atoms with Gasteiger partial charge < -0.3 is 10.2 Å². The summed E-state index contributed by atoms with van der Waals surface area (Å²) in [5.41, 5.74) is 7.86. The number of nitrogens with one attached hydrogen (secondary N) is 1. The molecular formula is C30H24N2. The average Bonchev–Trinajstić information content (AvgIpc) is 2.87. The molecule has 0 bridgehead atoms. The number of benzene rings is 5. The number of nitrogens with zero attached hydrogens (tertiary/aromatic N) is 1. The highest BCUT2D eigenvalue weighted by Gasteiger charge is 2.16. The topological polar surface area (TPSA) is 15.3 Å². The van der Waals surface area contributed by atoms with Gasteiger partial charge in [0.25, 0.3) is 0 Å². The first-order valence-corrected chi connectivity index (χ1v) is 10.8. The van der Waals surface area contributed by atoms with E-state index in [2.05, 4.69) is 132 Å². The minimum Gasteiger partial charge on any atom is -0.355 e. The van der Waals surface area contributed by atoms with Gasteiger partial charge in [-0.2, -0.15) is 0 Å². The van der Waals surface area contributed by atoms with Gasteiger partial charge in [-0.1, -0.05) is 91.0 Å². The van der Waals surface area contributed by atoms with E-state index in [1.165, 1.54) is 11.1 Å². The van der Waals surface area contributed by atoms with Gasteiger partial charge >= 0.3 is 0 Å². The minimum absolute atomic E-state index is 1.05. The van der Waals surface area contributed by atoms with Crippen molar-refractivity contribution in [1.82, 2.24) is 0 Å². The Bertz CT molecular complexity index is 1280. The van der Waals surface area contributed by atoms with Gasteiger partial charge in [-0.3, -0.25) is 0 Å². The maximum Gasteiger partial charge on any atom is 0.0540 e. The Morgan fingerprint density at radius 3 is 1.75 bits per heavy atom. The summed E-state index contributed by atoms with van der Waals surface area (Å²) in [4.78, 5) is 2.32. The van der Waals surface area contributed by atoms with Crippen LogP contribution in [0.3, 0.4) is 0 Å². The first kappa shape index (κ1) is 19.7. The molecule has 0 saturated heterocycles. The maximum absolute atomic E-state index is 3.52. The van der Waals surface area contributed by atoms with Gasteiger partial charge in [0.2, 0.25) is 0 Å². The maximum atomic E-state index is 3.52. The lowest BCUT2D eigenvalue weighted by Crippen LogP contribution is -2.11. The summed E-state index contributed by atoms with van der Waals surface area (Å²) in [5, 5.41) is 3.52. The Hall–Kier alpha value is -4.30. The van der Waals surface area contributed by atoms with Crippen molar-refractivity contribution < 1.29 is 0 Å². The molecule has 2 heteroatoms. The van der Waals surface area contributed by atoms with Gasteiger partial charge in [0.15, 0.2) is 0 Å². The second-order valence-electron chi connectivity index (χ2n) is 7.60. The second-order valence-corrected chi connectivity index (χ2v) is 7.60. The quantitative estimate of drug-likeness (QED) is 0.300. The zero-order valence-electron chi connectivity index (χ0n) is 17.7. The van der Waals surface area contributed by atoms with Crippen molar-refractivity contribution in [3.63, 3.8) is 0 Å². The molecule has 0 fully saturated rings. The summed E-state index contributed by atoms with van der Waals surface area (Å²) < 4.78 is 0. The van der Waals surface area contributed by atoms with Crippen molar-refractivity contribution in [2.45, 2.75) is 0 Å². The molecule has 1 N–H and O–H groups in total. The molecule has 0 spiro atoms. The van der Waals surface area contributed by atoms with Crippen LogP contribution in [-0.2, 0) is 0 Å². The van der Waals surface area contributed by atoms with Crippen LogP contribution >= 0.6 is 0 Å². The number of para-hydroxylation sites is 3. The van der Waals surface area contributed by atoms with Crippen molar-refractivity contribution in [3.05, 3.63) is 140 Å². The first-order valence-electron chi connectivity index (χ1n) is 10.8. The van der Waals surface area contributed by atoms with Crippen molar-refractivity contribution in [2.75, 3.05) is 10.2 Å². The molecule has 0 aromatic heterocycles. The fraction of sp³-hybridized carbons (Fsp3) is 0. The summed E-state index contributed by atoms with van der Waals surface area (Å²) >= 11 is 0. The third-order valence-electron chi connectivity index (χ3n) is 5.41. The molecule has 0 heterocycles. The second kappa shape index (κ2) is 9.23. The van der Waals surface area contributed by atoms with Crippen LogP contribution < -0.4 is 10.2 Å². The molecule has 0 aliphatic carbocycles. The number of rotatable bonds is 6. The summed E-state index contributed by atoms with van der Waals surface area (Å²) in [6, 6.07) is 48.5. The smallest absolute Gasteiger partial charge is 0.0540 e. The van der Waals surface area contributed by atoms with Gasteiger partial charge in [0.1, 0.15) is 0 Å². The van der Waals surface area contributed by atoms with Gasteiger partial charge in [-0.25, -0.2) is 0 Å². The zero-order valence-corrected chi connectivity index (χ0v) is 17.7. The minimum atomic E-state index is 1.05. The van der Waals surface area contributed by atoms with Crippen LogP contribution in [0, 0.1) is 0 Å². The van der Waals surface area contributed by atoms with Crippen LogP contribution in [0.25, 0.3) is 11.1 Å². The molecule has 154 valence electrons. The van der Waals surface area contributed by atoms with Gasteiger partial charge in [0.05, 0.1) is 5.69 Å². The lowest BCUT2D eigenvalue weighted by atomic mass is 10.0. The summed E-state index contributed by atoms with van der Waals surface area (Å²) in [7, 11) is 0. The van der Waals surface area contributed by atoms with Crippen LogP contribution in [0.5, 0.6) is 0 Å². The zero-order chi connectivity index (χ0) is 21.6. The van der Waals surface area contributed by atoms with Crippen LogP contribution in [0.4, 0.5) is 28.4 Å². The largest absolute Gasteiger partial charge is 0.355 e. The predicted octanol–water partition coefficient (Wildman–Crippen LogP) is 8.57. The Morgan fingerprint density at radius 1 is 0.438 bits per heavy atom. The van der Waals surface area contributed by atoms with Crippen LogP contribution in [0.1, 0.15) is 0 Å². The highest BCUT2D eigenvalue weighted by atomic mass is 15.1. The molecule has 5 aromatic rings. The molecule has 2 nitrogen and oxygen atoms in total. The van der Waals surface area contributed by atoms with Gasteiger partial charge in [-0.05, 0) is 54.1 Å². The van der Waals surface area contributed by atoms with Crippen LogP contribution in [0.15, 0.2) is 140 Å². The average molecular weight is 413 g/mol. The molecule has 0 aliphatic rings. The van der Waals surface area contributed by atoms with E-state index in [1.54, 1.807) is 0 Å². The van der Waals surface area contributed by atoms with Crippen molar-refractivity contribution >= 4 is 28.4 Å². The summed E-state index contributed by atoms with van der Waals surface area (Å²) in [5.74, 6) is 0. The van der Waals surface area contributed by atoms with Gasteiger partial charge in [0, 0.05) is 28.3 Å². The third kappa shape index (κ3) is 4.26. The Morgan fingerprint density at radius 2 is 1.00 bits per heavy atom. The number of anilines is 5. The van der Waals surface area contributed by atoms with Crippen LogP contribution in [0.2, 0.25) is 0 Å². The first-order chi connectivity index (χ1) is 15.9. The fourth-order valence-electron chi connectivity index (χ4n) is 3.95. The Balaban J connectivity index is 1.63. The van der Waals surface area contributed by atoms with E-state index < -0.39 is 0 Å². The van der Waals surface area contributed by atoms with E-state index in [4.69, 9.17) is 0 Å². The number of hydrogen-bond donors (Lipinski definition) is 1. The fourth-order valence-corrected chi connectivity index (χ4v) is 3.95. The molecule has 5 rings (SSSR count). The monoisotopic (exact) mass is 412 g/mol. The standard InChI is InChI=1S/C30H24N2/c1-4-13-24(14-5-1)29-21-10-11-22-30(29)32(27-18-8-3-9-19-27)28-20-12-17-26(23-28)31-25-15-6-2-7-16-25/h1-23,31H. The van der Waals surface area contributed by atoms with E-state index in [-0.39, 0.29) is 0 Å². The van der Waals surface area contributed by atoms with E-state index >= 15 is 0 Å². The Kier molecular flexibility index (Phi) is 5.67. The summed E-state index contributed by atoms with van der Waals surface area (Å²) in [6.07, 6.45) is 0. The molecule has 0 radical (unpaired) electrons. The third-order valence-corrected chi connectivity index (χ3v) is 5.41. The van der Waals surface area contributed by atoms with Crippen LogP contribution in [-0.4, -0.2) is 0 Å². The van der Waals surface area contributed by atoms with E-state index in [9.17, 15) is 0 Å². The molecule has 0 aliphatic heterocycles. The van der Waals surface area contributed by atoms with Crippen molar-refractivity contribution in [2.24, 2.45) is 0 Å². The highest BCUT2D eigenvalue weighted by molar-refractivity contribution is 5.88. The predicted molar refractivity (Wildman–Crippen MR) is 136 cm³/mol. The molecule has 0 amide bonds. The van der Waals surface area contributed by atoms with Crippen molar-refractivity contribution in [1.29, 1.82) is 0 Å². The van der Waals surface area contributed by atoms with E-state index in [0.29, 0.717) is 0 Å². The summed E-state index contributed by atoms with van der Waals surface area (Å²) in [6.45, 7) is 0. The number of hydrogen-bond acceptors (Lipinski definition) is 2. The normalized spacial score (nSPS) is 10.5.